The molecule has 0 unspecified atom stereocenters. The molecule has 0 fully saturated rings. The van der Waals surface area contributed by atoms with E-state index in [0.717, 1.165) is 18.2 Å². The molecule has 2 atom stereocenters. The summed E-state index contributed by atoms with van der Waals surface area (Å²) in [5, 5.41) is 3.46. The lowest BCUT2D eigenvalue weighted by Gasteiger charge is -2.16. The number of rotatable bonds is 8. The van der Waals surface area contributed by atoms with Gasteiger partial charge in [0.25, 0.3) is 0 Å². The molecule has 0 aromatic heterocycles. The Bertz CT molecular complexity index is 234. The van der Waals surface area contributed by atoms with Crippen LogP contribution in [-0.4, -0.2) is 23.2 Å². The van der Waals surface area contributed by atoms with Crippen molar-refractivity contribution >= 4 is 27.7 Å². The topological polar surface area (TPSA) is 72.2 Å². The number of alkyl halides is 1. The third-order valence-electron chi connectivity index (χ3n) is 2.48. The Balaban J connectivity index is 4.09. The molecule has 5 heteroatoms. The standard InChI is InChI=1S/C11H21BrN2O2/c1-3-5-8(7-12)6-10(15)14-9(4-2)11(13)16/h8-9H,3-7H2,1-2H3,(H2,13,16)(H,14,15)/t8-,9-/m0/s1. The van der Waals surface area contributed by atoms with E-state index in [2.05, 4.69) is 28.2 Å². The predicted molar refractivity (Wildman–Crippen MR) is 68.2 cm³/mol. The maximum atomic E-state index is 11.6. The van der Waals surface area contributed by atoms with Crippen molar-refractivity contribution in [2.45, 2.75) is 45.6 Å². The summed E-state index contributed by atoms with van der Waals surface area (Å²) in [6, 6.07) is -0.537. The molecule has 0 spiro atoms. The van der Waals surface area contributed by atoms with E-state index in [1.807, 2.05) is 6.92 Å². The lowest BCUT2D eigenvalue weighted by molar-refractivity contribution is -0.127. The Morgan fingerprint density at radius 2 is 2.00 bits per heavy atom. The van der Waals surface area contributed by atoms with Crippen molar-refractivity contribution in [1.29, 1.82) is 0 Å². The van der Waals surface area contributed by atoms with Crippen molar-refractivity contribution in [3.63, 3.8) is 0 Å². The van der Waals surface area contributed by atoms with Gasteiger partial charge in [0.1, 0.15) is 6.04 Å². The van der Waals surface area contributed by atoms with Crippen molar-refractivity contribution in [3.05, 3.63) is 0 Å². The minimum atomic E-state index is -0.537. The van der Waals surface area contributed by atoms with Gasteiger partial charge in [-0.15, -0.1) is 0 Å². The van der Waals surface area contributed by atoms with Gasteiger partial charge in [-0.25, -0.2) is 0 Å². The molecule has 0 bridgehead atoms. The first-order valence-corrected chi connectivity index (χ1v) is 6.81. The Hall–Kier alpha value is -0.580. The minimum Gasteiger partial charge on any atom is -0.368 e. The van der Waals surface area contributed by atoms with Gasteiger partial charge in [-0.1, -0.05) is 36.2 Å². The Morgan fingerprint density at radius 1 is 1.38 bits per heavy atom. The fraction of sp³-hybridized carbons (Fsp3) is 0.818. The number of amides is 2. The number of nitrogens with one attached hydrogen (secondary N) is 1. The molecule has 0 aliphatic heterocycles. The van der Waals surface area contributed by atoms with Crippen molar-refractivity contribution < 1.29 is 9.59 Å². The summed E-state index contributed by atoms with van der Waals surface area (Å²) in [6.45, 7) is 3.91. The largest absolute Gasteiger partial charge is 0.368 e. The molecule has 4 nitrogen and oxygen atoms in total. The smallest absolute Gasteiger partial charge is 0.239 e. The predicted octanol–water partition coefficient (Wildman–Crippen LogP) is 1.57. The van der Waals surface area contributed by atoms with E-state index in [0.29, 0.717) is 18.8 Å². The van der Waals surface area contributed by atoms with Gasteiger partial charge in [-0.2, -0.15) is 0 Å². The lowest BCUT2D eigenvalue weighted by atomic mass is 10.0. The summed E-state index contributed by atoms with van der Waals surface area (Å²) in [5.41, 5.74) is 5.15. The van der Waals surface area contributed by atoms with Crippen molar-refractivity contribution in [1.82, 2.24) is 5.32 Å². The van der Waals surface area contributed by atoms with Crippen molar-refractivity contribution in [2.75, 3.05) is 5.33 Å². The molecule has 0 radical (unpaired) electrons. The van der Waals surface area contributed by atoms with Crippen LogP contribution < -0.4 is 11.1 Å². The second-order valence-corrected chi connectivity index (χ2v) is 4.59. The summed E-state index contributed by atoms with van der Waals surface area (Å²) in [7, 11) is 0. The van der Waals surface area contributed by atoms with Crippen LogP contribution in [0.15, 0.2) is 0 Å². The number of carbonyl (C=O) groups excluding carboxylic acids is 2. The van der Waals surface area contributed by atoms with Gasteiger partial charge in [0, 0.05) is 11.8 Å². The van der Waals surface area contributed by atoms with E-state index in [1.54, 1.807) is 0 Å². The number of halogens is 1. The average Bonchev–Trinajstić information content (AvgIpc) is 2.24. The molecule has 3 N–H and O–H groups in total. The van der Waals surface area contributed by atoms with Crippen LogP contribution in [0.2, 0.25) is 0 Å². The molecule has 94 valence electrons. The van der Waals surface area contributed by atoms with Gasteiger partial charge in [0.15, 0.2) is 0 Å². The number of nitrogens with two attached hydrogens (primary N) is 1. The first-order chi connectivity index (χ1) is 7.54. The Morgan fingerprint density at radius 3 is 2.38 bits per heavy atom. The van der Waals surface area contributed by atoms with E-state index in [9.17, 15) is 9.59 Å². The van der Waals surface area contributed by atoms with Crippen LogP contribution in [0, 0.1) is 5.92 Å². The van der Waals surface area contributed by atoms with Crippen LogP contribution in [0.25, 0.3) is 0 Å². The SMILES string of the molecule is CCC[C@H](CBr)CC(=O)N[C@@H](CC)C(N)=O. The third-order valence-corrected chi connectivity index (χ3v) is 3.39. The molecular formula is C11H21BrN2O2. The first kappa shape index (κ1) is 15.4. The van der Waals surface area contributed by atoms with E-state index in [-0.39, 0.29) is 5.91 Å². The van der Waals surface area contributed by atoms with Gasteiger partial charge in [-0.05, 0) is 18.8 Å². The molecule has 0 rings (SSSR count). The molecular weight excluding hydrogens is 272 g/mol. The molecule has 0 aliphatic rings. The summed E-state index contributed by atoms with van der Waals surface area (Å²) in [6.07, 6.45) is 3.04. The summed E-state index contributed by atoms with van der Waals surface area (Å²) >= 11 is 3.39. The molecule has 0 saturated heterocycles. The van der Waals surface area contributed by atoms with Crippen LogP contribution in [0.5, 0.6) is 0 Å². The highest BCUT2D eigenvalue weighted by Gasteiger charge is 2.18. The molecule has 0 saturated carbocycles. The fourth-order valence-corrected chi connectivity index (χ4v) is 2.08. The van der Waals surface area contributed by atoms with Gasteiger partial charge in [0.2, 0.25) is 11.8 Å². The monoisotopic (exact) mass is 292 g/mol. The van der Waals surface area contributed by atoms with Gasteiger partial charge in [-0.3, -0.25) is 9.59 Å². The maximum absolute atomic E-state index is 11.6. The Labute approximate surface area is 105 Å². The number of primary amides is 1. The van der Waals surface area contributed by atoms with E-state index >= 15 is 0 Å². The molecule has 16 heavy (non-hydrogen) atoms. The van der Waals surface area contributed by atoms with Crippen LogP contribution in [-0.2, 0) is 9.59 Å². The maximum Gasteiger partial charge on any atom is 0.239 e. The zero-order valence-electron chi connectivity index (χ0n) is 9.96. The normalized spacial score (nSPS) is 14.2. The number of hydrogen-bond donors (Lipinski definition) is 2. The highest BCUT2D eigenvalue weighted by molar-refractivity contribution is 9.09. The van der Waals surface area contributed by atoms with Gasteiger partial charge in [0.05, 0.1) is 0 Å². The molecule has 0 aromatic rings. The fourth-order valence-electron chi connectivity index (χ4n) is 1.53. The van der Waals surface area contributed by atoms with Crippen molar-refractivity contribution in [3.8, 4) is 0 Å². The zero-order chi connectivity index (χ0) is 12.6. The average molecular weight is 293 g/mol. The molecule has 0 heterocycles. The van der Waals surface area contributed by atoms with Crippen LogP contribution >= 0.6 is 15.9 Å². The van der Waals surface area contributed by atoms with E-state index in [1.165, 1.54) is 0 Å². The van der Waals surface area contributed by atoms with Gasteiger partial charge < -0.3 is 11.1 Å². The van der Waals surface area contributed by atoms with Crippen LogP contribution in [0.1, 0.15) is 39.5 Å². The zero-order valence-corrected chi connectivity index (χ0v) is 11.5. The summed E-state index contributed by atoms with van der Waals surface area (Å²) < 4.78 is 0. The van der Waals surface area contributed by atoms with E-state index in [4.69, 9.17) is 5.73 Å². The second-order valence-electron chi connectivity index (χ2n) is 3.94. The Kier molecular flexibility index (Phi) is 8.25. The number of carbonyl (C=O) groups is 2. The molecule has 2 amide bonds. The highest BCUT2D eigenvalue weighted by atomic mass is 79.9. The van der Waals surface area contributed by atoms with Crippen LogP contribution in [0.3, 0.4) is 0 Å². The quantitative estimate of drug-likeness (QED) is 0.667. The molecule has 0 aliphatic carbocycles. The number of hydrogen-bond acceptors (Lipinski definition) is 2. The van der Waals surface area contributed by atoms with Crippen LogP contribution in [0.4, 0.5) is 0 Å². The highest BCUT2D eigenvalue weighted by Crippen LogP contribution is 2.14. The van der Waals surface area contributed by atoms with Crippen molar-refractivity contribution in [2.24, 2.45) is 11.7 Å². The van der Waals surface area contributed by atoms with E-state index < -0.39 is 11.9 Å². The first-order valence-electron chi connectivity index (χ1n) is 5.69. The summed E-state index contributed by atoms with van der Waals surface area (Å²) in [5.74, 6) is -0.235. The third kappa shape index (κ3) is 6.10. The summed E-state index contributed by atoms with van der Waals surface area (Å²) in [4.78, 5) is 22.6. The lowest BCUT2D eigenvalue weighted by Crippen LogP contribution is -2.44. The second kappa shape index (κ2) is 8.56. The minimum absolute atomic E-state index is 0.0939. The van der Waals surface area contributed by atoms with Gasteiger partial charge >= 0.3 is 0 Å². The molecule has 0 aromatic carbocycles.